The number of hydrogen-bond acceptors (Lipinski definition) is 6. The van der Waals surface area contributed by atoms with Crippen LogP contribution >= 0.6 is 0 Å². The van der Waals surface area contributed by atoms with Crippen LogP contribution in [0.3, 0.4) is 0 Å². The zero-order valence-electron chi connectivity index (χ0n) is 21.8. The number of aliphatic imine (C=N–C) groups is 1. The first-order chi connectivity index (χ1) is 17.8. The van der Waals surface area contributed by atoms with Gasteiger partial charge in [-0.05, 0) is 51.5 Å². The zero-order valence-corrected chi connectivity index (χ0v) is 21.8. The van der Waals surface area contributed by atoms with Gasteiger partial charge < -0.3 is 30.5 Å². The third-order valence-corrected chi connectivity index (χ3v) is 5.03. The number of anilines is 1. The van der Waals surface area contributed by atoms with Crippen molar-refractivity contribution in [1.82, 2.24) is 15.1 Å². The van der Waals surface area contributed by atoms with Crippen LogP contribution in [0.25, 0.3) is 0 Å². The fourth-order valence-electron chi connectivity index (χ4n) is 3.23. The maximum atomic E-state index is 12.0. The second kappa shape index (κ2) is 16.5. The van der Waals surface area contributed by atoms with Crippen LogP contribution in [0.5, 0.6) is 0 Å². The predicted molar refractivity (Wildman–Crippen MR) is 135 cm³/mol. The summed E-state index contributed by atoms with van der Waals surface area (Å²) in [7, 11) is 0. The van der Waals surface area contributed by atoms with Gasteiger partial charge >= 0.3 is 18.1 Å². The number of amides is 1. The van der Waals surface area contributed by atoms with Gasteiger partial charge in [0, 0.05) is 57.7 Å². The number of nitrogens with one attached hydrogen (secondary N) is 2. The molecule has 0 unspecified atom stereocenters. The van der Waals surface area contributed by atoms with Gasteiger partial charge in [0.25, 0.3) is 0 Å². The van der Waals surface area contributed by atoms with E-state index in [2.05, 4.69) is 20.4 Å². The smallest absolute Gasteiger partial charge is 0.478 e. The average Bonchev–Trinajstić information content (AvgIpc) is 2.83. The maximum Gasteiger partial charge on any atom is 0.490 e. The number of carboxylic acids is 2. The molecule has 1 aromatic rings. The minimum absolute atomic E-state index is 0.0462. The van der Waals surface area contributed by atoms with Gasteiger partial charge in [0.1, 0.15) is 0 Å². The van der Waals surface area contributed by atoms with Crippen LogP contribution in [0.2, 0.25) is 0 Å². The Morgan fingerprint density at radius 2 is 1.66 bits per heavy atom. The summed E-state index contributed by atoms with van der Waals surface area (Å²) < 4.78 is 37.1. The lowest BCUT2D eigenvalue weighted by Crippen LogP contribution is -2.53. The first kappa shape index (κ1) is 32.6. The Bertz CT molecular complexity index is 917. The van der Waals surface area contributed by atoms with Crippen molar-refractivity contribution in [2.75, 3.05) is 57.8 Å². The number of carbonyl (C=O) groups is 3. The topological polar surface area (TPSA) is 144 Å². The Hall–Kier alpha value is -3.39. The Morgan fingerprint density at radius 1 is 1.08 bits per heavy atom. The zero-order chi connectivity index (χ0) is 28.7. The van der Waals surface area contributed by atoms with Crippen LogP contribution in [0.1, 0.15) is 37.6 Å². The number of guanidine groups is 1. The summed E-state index contributed by atoms with van der Waals surface area (Å²) in [5.74, 6) is -2.91. The number of ether oxygens (including phenoxy) is 1. The van der Waals surface area contributed by atoms with Crippen molar-refractivity contribution >= 4 is 29.5 Å². The summed E-state index contributed by atoms with van der Waals surface area (Å²) >= 11 is 0. The molecule has 1 amide bonds. The quantitative estimate of drug-likeness (QED) is 0.197. The summed E-state index contributed by atoms with van der Waals surface area (Å²) in [5, 5.41) is 22.5. The maximum absolute atomic E-state index is 12.0. The largest absolute Gasteiger partial charge is 0.490 e. The molecule has 0 bridgehead atoms. The molecule has 0 atom stereocenters. The summed E-state index contributed by atoms with van der Waals surface area (Å²) in [6.07, 6.45) is -4.26. The molecule has 1 aliphatic rings. The van der Waals surface area contributed by atoms with E-state index in [1.54, 1.807) is 24.3 Å². The highest BCUT2D eigenvalue weighted by molar-refractivity contribution is 5.94. The molecule has 0 aliphatic carbocycles. The monoisotopic (exact) mass is 547 g/mol. The fraction of sp³-hybridized carbons (Fsp3) is 0.583. The number of nitrogens with zero attached hydrogens (tertiary/aromatic N) is 3. The summed E-state index contributed by atoms with van der Waals surface area (Å²) in [5.41, 5.74) is 1.03. The SMILES string of the molecule is CCOCCCN=C(Nc1ccc(C(=O)O)cc1)N1CCN(CC(=O)NC(C)C)CC1.O=C(O)C(F)(F)F. The highest BCUT2D eigenvalue weighted by Crippen LogP contribution is 2.13. The van der Waals surface area contributed by atoms with E-state index in [1.807, 2.05) is 20.8 Å². The van der Waals surface area contributed by atoms with Crippen molar-refractivity contribution in [3.63, 3.8) is 0 Å². The highest BCUT2D eigenvalue weighted by Gasteiger charge is 2.38. The van der Waals surface area contributed by atoms with Crippen molar-refractivity contribution in [3.05, 3.63) is 29.8 Å². The van der Waals surface area contributed by atoms with Gasteiger partial charge in [-0.2, -0.15) is 13.2 Å². The lowest BCUT2D eigenvalue weighted by molar-refractivity contribution is -0.192. The Morgan fingerprint density at radius 3 is 2.13 bits per heavy atom. The average molecular weight is 548 g/mol. The van der Waals surface area contributed by atoms with Gasteiger partial charge in [0.05, 0.1) is 12.1 Å². The molecule has 11 nitrogen and oxygen atoms in total. The van der Waals surface area contributed by atoms with Crippen LogP contribution in [0.15, 0.2) is 29.3 Å². The lowest BCUT2D eigenvalue weighted by Gasteiger charge is -2.36. The molecule has 1 aromatic carbocycles. The molecule has 214 valence electrons. The van der Waals surface area contributed by atoms with E-state index in [0.29, 0.717) is 26.3 Å². The molecule has 1 fully saturated rings. The van der Waals surface area contributed by atoms with Gasteiger partial charge in [0.15, 0.2) is 5.96 Å². The molecular formula is C24H36F3N5O6. The van der Waals surface area contributed by atoms with E-state index in [0.717, 1.165) is 44.2 Å². The molecule has 0 aromatic heterocycles. The van der Waals surface area contributed by atoms with E-state index < -0.39 is 18.1 Å². The van der Waals surface area contributed by atoms with E-state index >= 15 is 0 Å². The summed E-state index contributed by atoms with van der Waals surface area (Å²) in [4.78, 5) is 41.0. The number of aliphatic carboxylic acids is 1. The lowest BCUT2D eigenvalue weighted by atomic mass is 10.2. The minimum atomic E-state index is -5.08. The molecule has 0 radical (unpaired) electrons. The van der Waals surface area contributed by atoms with E-state index in [4.69, 9.17) is 24.7 Å². The summed E-state index contributed by atoms with van der Waals surface area (Å²) in [6, 6.07) is 6.77. The first-order valence-electron chi connectivity index (χ1n) is 12.1. The molecule has 1 heterocycles. The number of piperazine rings is 1. The normalized spacial score (nSPS) is 14.5. The van der Waals surface area contributed by atoms with Crippen molar-refractivity contribution in [2.24, 2.45) is 4.99 Å². The van der Waals surface area contributed by atoms with Gasteiger partial charge in [0.2, 0.25) is 5.91 Å². The van der Waals surface area contributed by atoms with E-state index in [1.165, 1.54) is 0 Å². The number of carboxylic acid groups (broad SMARTS) is 2. The molecule has 0 spiro atoms. The molecule has 1 saturated heterocycles. The fourth-order valence-corrected chi connectivity index (χ4v) is 3.23. The van der Waals surface area contributed by atoms with Gasteiger partial charge in [-0.1, -0.05) is 0 Å². The highest BCUT2D eigenvalue weighted by atomic mass is 19.4. The Balaban J connectivity index is 0.000000905. The van der Waals surface area contributed by atoms with Crippen LogP contribution in [-0.2, 0) is 14.3 Å². The van der Waals surface area contributed by atoms with Crippen molar-refractivity contribution in [3.8, 4) is 0 Å². The molecule has 2 rings (SSSR count). The second-order valence-corrected chi connectivity index (χ2v) is 8.55. The molecule has 14 heteroatoms. The van der Waals surface area contributed by atoms with Crippen molar-refractivity contribution in [2.45, 2.75) is 39.4 Å². The molecule has 0 saturated carbocycles. The standard InChI is InChI=1S/C22H35N5O4.C2HF3O2/c1-4-31-15-5-10-23-22(25-19-8-6-18(7-9-19)21(29)30)27-13-11-26(12-14-27)16-20(28)24-17(2)3;3-2(4,5)1(6)7/h6-9,17H,4-5,10-16H2,1-3H3,(H,23,25)(H,24,28)(H,29,30);(H,6,7). The van der Waals surface area contributed by atoms with Gasteiger partial charge in [-0.3, -0.25) is 14.7 Å². The van der Waals surface area contributed by atoms with Gasteiger partial charge in [-0.15, -0.1) is 0 Å². The minimum Gasteiger partial charge on any atom is -0.478 e. The van der Waals surface area contributed by atoms with Gasteiger partial charge in [-0.25, -0.2) is 9.59 Å². The third kappa shape index (κ3) is 13.2. The third-order valence-electron chi connectivity index (χ3n) is 5.03. The second-order valence-electron chi connectivity index (χ2n) is 8.55. The predicted octanol–water partition coefficient (Wildman–Crippen LogP) is 2.35. The molecule has 38 heavy (non-hydrogen) atoms. The number of hydrogen-bond donors (Lipinski definition) is 4. The van der Waals surface area contributed by atoms with E-state index in [-0.39, 0.29) is 17.5 Å². The van der Waals surface area contributed by atoms with Crippen LogP contribution in [0.4, 0.5) is 18.9 Å². The number of aromatic carboxylic acids is 1. The van der Waals surface area contributed by atoms with Crippen LogP contribution in [-0.4, -0.2) is 109 Å². The number of carbonyl (C=O) groups excluding carboxylic acids is 1. The molecule has 4 N–H and O–H groups in total. The number of halogens is 3. The van der Waals surface area contributed by atoms with E-state index in [9.17, 15) is 22.8 Å². The Kier molecular flexibility index (Phi) is 14.1. The molecule has 1 aliphatic heterocycles. The van der Waals surface area contributed by atoms with Crippen molar-refractivity contribution in [1.29, 1.82) is 0 Å². The summed E-state index contributed by atoms with van der Waals surface area (Å²) in [6.45, 7) is 11.3. The van der Waals surface area contributed by atoms with Crippen molar-refractivity contribution < 1.29 is 42.5 Å². The number of rotatable bonds is 10. The Labute approximate surface area is 219 Å². The number of alkyl halides is 3. The molecular weight excluding hydrogens is 511 g/mol. The number of benzene rings is 1. The van der Waals surface area contributed by atoms with Crippen LogP contribution in [0, 0.1) is 0 Å². The van der Waals surface area contributed by atoms with Crippen LogP contribution < -0.4 is 10.6 Å². The first-order valence-corrected chi connectivity index (χ1v) is 12.1.